The van der Waals surface area contributed by atoms with Gasteiger partial charge in [0.05, 0.1) is 7.11 Å². The van der Waals surface area contributed by atoms with E-state index >= 15 is 0 Å². The van der Waals surface area contributed by atoms with Crippen LogP contribution in [0.1, 0.15) is 5.56 Å². The Kier molecular flexibility index (Phi) is 3.18. The van der Waals surface area contributed by atoms with Gasteiger partial charge in [-0.25, -0.2) is 0 Å². The van der Waals surface area contributed by atoms with E-state index in [1.54, 1.807) is 12.1 Å². The van der Waals surface area contributed by atoms with Crippen LogP contribution in [0.4, 0.5) is 0 Å². The maximum absolute atomic E-state index is 9.34. The molecule has 0 aliphatic heterocycles. The van der Waals surface area contributed by atoms with E-state index in [-0.39, 0.29) is 12.4 Å². The Hall–Kier alpha value is -1.66. The molecule has 0 aliphatic carbocycles. The standard InChI is InChI=1S/C10H10O3/c1-13-10-5-4-8(3-2-6-11)7-9(10)12/h4-5,7,11-12H,6H2,1H3. The molecule has 0 saturated carbocycles. The van der Waals surface area contributed by atoms with Gasteiger partial charge in [-0.3, -0.25) is 0 Å². The van der Waals surface area contributed by atoms with Crippen molar-refractivity contribution in [3.63, 3.8) is 0 Å². The smallest absolute Gasteiger partial charge is 0.160 e. The largest absolute Gasteiger partial charge is 0.504 e. The molecule has 0 fully saturated rings. The molecule has 0 spiro atoms. The predicted molar refractivity (Wildman–Crippen MR) is 48.6 cm³/mol. The first-order chi connectivity index (χ1) is 6.27. The van der Waals surface area contributed by atoms with Crippen LogP contribution in [0.3, 0.4) is 0 Å². The molecule has 3 nitrogen and oxygen atoms in total. The zero-order valence-electron chi connectivity index (χ0n) is 7.24. The normalized spacial score (nSPS) is 8.77. The highest BCUT2D eigenvalue weighted by atomic mass is 16.5. The van der Waals surface area contributed by atoms with Crippen molar-refractivity contribution in [1.29, 1.82) is 0 Å². The van der Waals surface area contributed by atoms with Crippen LogP contribution in [-0.4, -0.2) is 23.9 Å². The summed E-state index contributed by atoms with van der Waals surface area (Å²) < 4.78 is 4.86. The van der Waals surface area contributed by atoms with Crippen molar-refractivity contribution in [2.45, 2.75) is 0 Å². The van der Waals surface area contributed by atoms with Gasteiger partial charge < -0.3 is 14.9 Å². The van der Waals surface area contributed by atoms with Crippen LogP contribution in [0.25, 0.3) is 0 Å². The molecule has 3 heteroatoms. The Bertz CT molecular complexity index is 347. The molecule has 0 unspecified atom stereocenters. The highest BCUT2D eigenvalue weighted by molar-refractivity contribution is 5.47. The SMILES string of the molecule is COc1ccc(C#CCO)cc1O. The average molecular weight is 178 g/mol. The zero-order valence-corrected chi connectivity index (χ0v) is 7.24. The van der Waals surface area contributed by atoms with E-state index in [4.69, 9.17) is 9.84 Å². The minimum atomic E-state index is -0.188. The van der Waals surface area contributed by atoms with Gasteiger partial charge >= 0.3 is 0 Å². The third kappa shape index (κ3) is 2.39. The van der Waals surface area contributed by atoms with Gasteiger partial charge in [-0.15, -0.1) is 0 Å². The molecule has 2 N–H and O–H groups in total. The fourth-order valence-electron chi connectivity index (χ4n) is 0.909. The van der Waals surface area contributed by atoms with E-state index in [0.717, 1.165) is 0 Å². The summed E-state index contributed by atoms with van der Waals surface area (Å²) in [6.45, 7) is -0.188. The van der Waals surface area contributed by atoms with Gasteiger partial charge in [0, 0.05) is 5.56 Å². The zero-order chi connectivity index (χ0) is 9.68. The summed E-state index contributed by atoms with van der Waals surface area (Å²) in [6.07, 6.45) is 0. The van der Waals surface area contributed by atoms with E-state index < -0.39 is 0 Å². The van der Waals surface area contributed by atoms with E-state index in [1.807, 2.05) is 0 Å². The Morgan fingerprint density at radius 1 is 1.46 bits per heavy atom. The Morgan fingerprint density at radius 3 is 2.77 bits per heavy atom. The first-order valence-electron chi connectivity index (χ1n) is 3.74. The molecule has 1 rings (SSSR count). The molecule has 0 amide bonds. The number of aliphatic hydroxyl groups excluding tert-OH is 1. The van der Waals surface area contributed by atoms with Gasteiger partial charge in [-0.2, -0.15) is 0 Å². The lowest BCUT2D eigenvalue weighted by atomic mass is 10.2. The third-order valence-corrected chi connectivity index (χ3v) is 1.49. The number of phenolic OH excluding ortho intramolecular Hbond substituents is 1. The first-order valence-corrected chi connectivity index (χ1v) is 3.74. The van der Waals surface area contributed by atoms with E-state index in [2.05, 4.69) is 11.8 Å². The van der Waals surface area contributed by atoms with Crippen LogP contribution in [0.15, 0.2) is 18.2 Å². The molecule has 0 aromatic heterocycles. The van der Waals surface area contributed by atoms with Gasteiger partial charge in [-0.05, 0) is 18.2 Å². The summed E-state index contributed by atoms with van der Waals surface area (Å²) in [6, 6.07) is 4.82. The lowest BCUT2D eigenvalue weighted by Crippen LogP contribution is -1.84. The highest BCUT2D eigenvalue weighted by Crippen LogP contribution is 2.25. The number of benzene rings is 1. The van der Waals surface area contributed by atoms with Crippen LogP contribution < -0.4 is 4.74 Å². The van der Waals surface area contributed by atoms with Crippen LogP contribution >= 0.6 is 0 Å². The van der Waals surface area contributed by atoms with Gasteiger partial charge in [-0.1, -0.05) is 11.8 Å². The average Bonchev–Trinajstić information content (AvgIpc) is 2.15. The molecule has 0 atom stereocenters. The number of hydrogen-bond acceptors (Lipinski definition) is 3. The van der Waals surface area contributed by atoms with Gasteiger partial charge in [0.1, 0.15) is 6.61 Å². The number of aromatic hydroxyl groups is 1. The van der Waals surface area contributed by atoms with Crippen molar-refractivity contribution < 1.29 is 14.9 Å². The molecule has 0 radical (unpaired) electrons. The van der Waals surface area contributed by atoms with Crippen LogP contribution in [0.2, 0.25) is 0 Å². The summed E-state index contributed by atoms with van der Waals surface area (Å²) in [5.41, 5.74) is 0.646. The van der Waals surface area contributed by atoms with E-state index in [0.29, 0.717) is 11.3 Å². The summed E-state index contributed by atoms with van der Waals surface area (Å²) in [5.74, 6) is 5.61. The van der Waals surface area contributed by atoms with E-state index in [1.165, 1.54) is 13.2 Å². The van der Waals surface area contributed by atoms with Crippen molar-refractivity contribution in [3.8, 4) is 23.3 Å². The maximum atomic E-state index is 9.34. The van der Waals surface area contributed by atoms with Gasteiger partial charge in [0.15, 0.2) is 11.5 Å². The number of ether oxygens (including phenoxy) is 1. The van der Waals surface area contributed by atoms with Crippen molar-refractivity contribution in [3.05, 3.63) is 23.8 Å². The molecular weight excluding hydrogens is 168 g/mol. The van der Waals surface area contributed by atoms with Crippen molar-refractivity contribution >= 4 is 0 Å². The lowest BCUT2D eigenvalue weighted by Gasteiger charge is -2.01. The quantitative estimate of drug-likeness (QED) is 0.624. The fourth-order valence-corrected chi connectivity index (χ4v) is 0.909. The number of rotatable bonds is 1. The lowest BCUT2D eigenvalue weighted by molar-refractivity contribution is 0.350. The van der Waals surface area contributed by atoms with Gasteiger partial charge in [0.2, 0.25) is 0 Å². The summed E-state index contributed by atoms with van der Waals surface area (Å²) in [7, 11) is 1.48. The predicted octanol–water partition coefficient (Wildman–Crippen LogP) is 0.745. The Balaban J connectivity index is 2.96. The van der Waals surface area contributed by atoms with Gasteiger partial charge in [0.25, 0.3) is 0 Å². The Labute approximate surface area is 76.6 Å². The number of phenols is 1. The first kappa shape index (κ1) is 9.43. The number of aliphatic hydroxyl groups is 1. The fraction of sp³-hybridized carbons (Fsp3) is 0.200. The monoisotopic (exact) mass is 178 g/mol. The highest BCUT2D eigenvalue weighted by Gasteiger charge is 1.99. The number of hydrogen-bond donors (Lipinski definition) is 2. The van der Waals surface area contributed by atoms with Crippen LogP contribution in [0, 0.1) is 11.8 Å². The molecule has 0 saturated heterocycles. The minimum Gasteiger partial charge on any atom is -0.504 e. The topological polar surface area (TPSA) is 49.7 Å². The molecule has 1 aromatic carbocycles. The third-order valence-electron chi connectivity index (χ3n) is 1.49. The van der Waals surface area contributed by atoms with Crippen molar-refractivity contribution in [2.24, 2.45) is 0 Å². The van der Waals surface area contributed by atoms with Crippen LogP contribution in [0.5, 0.6) is 11.5 Å². The number of methoxy groups -OCH3 is 1. The molecule has 1 aromatic rings. The summed E-state index contributed by atoms with van der Waals surface area (Å²) in [4.78, 5) is 0. The summed E-state index contributed by atoms with van der Waals surface area (Å²) >= 11 is 0. The maximum Gasteiger partial charge on any atom is 0.160 e. The molecule has 0 bridgehead atoms. The second kappa shape index (κ2) is 4.39. The minimum absolute atomic E-state index is 0.0484. The molecule has 0 aliphatic rings. The second-order valence-corrected chi connectivity index (χ2v) is 2.35. The molecule has 68 valence electrons. The van der Waals surface area contributed by atoms with Crippen LogP contribution in [-0.2, 0) is 0 Å². The molecule has 0 heterocycles. The molecular formula is C10H10O3. The second-order valence-electron chi connectivity index (χ2n) is 2.35. The van der Waals surface area contributed by atoms with Crippen molar-refractivity contribution in [2.75, 3.05) is 13.7 Å². The summed E-state index contributed by atoms with van der Waals surface area (Å²) in [5, 5.41) is 17.8. The van der Waals surface area contributed by atoms with E-state index in [9.17, 15) is 5.11 Å². The van der Waals surface area contributed by atoms with Crippen molar-refractivity contribution in [1.82, 2.24) is 0 Å². The Morgan fingerprint density at radius 2 is 2.23 bits per heavy atom. The molecule has 13 heavy (non-hydrogen) atoms.